The molecule has 6 nitrogen and oxygen atoms in total. The Bertz CT molecular complexity index is 1080. The van der Waals surface area contributed by atoms with Crippen LogP contribution in [0.3, 0.4) is 0 Å². The number of carboxylic acids is 1. The lowest BCUT2D eigenvalue weighted by molar-refractivity contribution is -0.137. The van der Waals surface area contributed by atoms with Gasteiger partial charge in [0.05, 0.1) is 11.4 Å². The largest absolute Gasteiger partial charge is 0.481 e. The molecule has 2 fully saturated rings. The first-order chi connectivity index (χ1) is 16.5. The van der Waals surface area contributed by atoms with Crippen molar-refractivity contribution in [3.05, 3.63) is 46.1 Å². The van der Waals surface area contributed by atoms with E-state index in [0.717, 1.165) is 59.9 Å². The molecule has 0 saturated heterocycles. The average molecular weight is 517 g/mol. The van der Waals surface area contributed by atoms with Gasteiger partial charge in [0.15, 0.2) is 0 Å². The lowest BCUT2D eigenvalue weighted by Gasteiger charge is -2.38. The summed E-state index contributed by atoms with van der Waals surface area (Å²) in [6.45, 7) is 10.8. The average Bonchev–Trinajstić information content (AvgIpc) is 3.47. The van der Waals surface area contributed by atoms with Crippen molar-refractivity contribution in [1.29, 1.82) is 0 Å². The van der Waals surface area contributed by atoms with Gasteiger partial charge in [-0.1, -0.05) is 32.0 Å². The molecular weight excluding hydrogens is 476 g/mol. The van der Waals surface area contributed by atoms with E-state index < -0.39 is 5.97 Å². The number of aromatic nitrogens is 2. The molecular formula is C29H41ClN2O4. The van der Waals surface area contributed by atoms with Gasteiger partial charge in [0.2, 0.25) is 0 Å². The third-order valence-electron chi connectivity index (χ3n) is 7.53. The lowest BCUT2D eigenvalue weighted by atomic mass is 9.66. The summed E-state index contributed by atoms with van der Waals surface area (Å²) in [5, 5.41) is 13.9. The highest BCUT2D eigenvalue weighted by atomic mass is 35.5. The highest BCUT2D eigenvalue weighted by Gasteiger charge is 2.42. The molecule has 4 rings (SSSR count). The summed E-state index contributed by atoms with van der Waals surface area (Å²) in [6, 6.07) is 2.04. The third-order valence-corrected chi connectivity index (χ3v) is 7.53. The van der Waals surface area contributed by atoms with Gasteiger partial charge in [-0.2, -0.15) is 0 Å². The van der Waals surface area contributed by atoms with E-state index in [9.17, 15) is 14.7 Å². The molecule has 0 amide bonds. The Morgan fingerprint density at radius 3 is 2.44 bits per heavy atom. The van der Waals surface area contributed by atoms with Crippen LogP contribution in [0.4, 0.5) is 0 Å². The molecule has 2 aliphatic rings. The van der Waals surface area contributed by atoms with E-state index in [1.807, 2.05) is 19.9 Å². The van der Waals surface area contributed by atoms with E-state index in [-0.39, 0.29) is 43.4 Å². The maximum atomic E-state index is 13.1. The zero-order chi connectivity index (χ0) is 25.3. The first-order valence-corrected chi connectivity index (χ1v) is 13.1. The predicted octanol–water partition coefficient (Wildman–Crippen LogP) is 7.07. The fourth-order valence-electron chi connectivity index (χ4n) is 5.77. The van der Waals surface area contributed by atoms with Crippen LogP contribution < -0.4 is 0 Å². The smallest absolute Gasteiger partial charge is 0.303 e. The second kappa shape index (κ2) is 11.5. The van der Waals surface area contributed by atoms with Crippen molar-refractivity contribution in [2.24, 2.45) is 11.3 Å². The number of nitrogens with zero attached hydrogens (tertiary/aromatic N) is 2. The maximum absolute atomic E-state index is 13.1. The SMILES string of the molecule is Cc1cnc(CC(=O)C[C@H](CCC(=O)O)c2noc(C3CC(CC(C)(C)C)C3)c2C2CC2)c(C)c1.Cl. The molecule has 0 spiro atoms. The van der Waals surface area contributed by atoms with Crippen LogP contribution in [0.5, 0.6) is 0 Å². The van der Waals surface area contributed by atoms with Crippen LogP contribution in [0.25, 0.3) is 0 Å². The zero-order valence-corrected chi connectivity index (χ0v) is 23.1. The molecule has 0 unspecified atom stereocenters. The number of hydrogen-bond acceptors (Lipinski definition) is 5. The fraction of sp³-hybridized carbons (Fsp3) is 0.655. The molecule has 2 aromatic rings. The Balaban J connectivity index is 0.00000361. The Morgan fingerprint density at radius 2 is 1.86 bits per heavy atom. The minimum Gasteiger partial charge on any atom is -0.481 e. The van der Waals surface area contributed by atoms with E-state index in [4.69, 9.17) is 4.52 Å². The van der Waals surface area contributed by atoms with Crippen LogP contribution in [0, 0.1) is 25.2 Å². The molecule has 0 aromatic carbocycles. The molecule has 2 saturated carbocycles. The Hall–Kier alpha value is -2.21. The van der Waals surface area contributed by atoms with Crippen LogP contribution >= 0.6 is 12.4 Å². The van der Waals surface area contributed by atoms with Crippen molar-refractivity contribution in [1.82, 2.24) is 10.1 Å². The Morgan fingerprint density at radius 1 is 1.17 bits per heavy atom. The van der Waals surface area contributed by atoms with Crippen molar-refractivity contribution < 1.29 is 19.2 Å². The molecule has 36 heavy (non-hydrogen) atoms. The minimum atomic E-state index is -0.848. The molecule has 7 heteroatoms. The van der Waals surface area contributed by atoms with Gasteiger partial charge >= 0.3 is 5.97 Å². The van der Waals surface area contributed by atoms with Gasteiger partial charge in [0.1, 0.15) is 11.5 Å². The lowest BCUT2D eigenvalue weighted by Crippen LogP contribution is -2.26. The number of aryl methyl sites for hydroxylation is 2. The quantitative estimate of drug-likeness (QED) is 0.343. The number of ketones is 1. The fourth-order valence-corrected chi connectivity index (χ4v) is 5.77. The number of hydrogen-bond donors (Lipinski definition) is 1. The number of pyridine rings is 1. The summed E-state index contributed by atoms with van der Waals surface area (Å²) in [7, 11) is 0. The number of rotatable bonds is 11. The molecule has 2 heterocycles. The van der Waals surface area contributed by atoms with Gasteiger partial charge in [-0.25, -0.2) is 0 Å². The molecule has 2 aliphatic carbocycles. The normalized spacial score (nSPS) is 20.4. The number of carbonyl (C=O) groups is 2. The zero-order valence-electron chi connectivity index (χ0n) is 22.3. The highest BCUT2D eigenvalue weighted by molar-refractivity contribution is 5.85. The van der Waals surface area contributed by atoms with Crippen molar-refractivity contribution in [3.8, 4) is 0 Å². The van der Waals surface area contributed by atoms with Crippen LogP contribution in [-0.4, -0.2) is 27.0 Å². The molecule has 0 bridgehead atoms. The van der Waals surface area contributed by atoms with Crippen LogP contribution in [0.1, 0.15) is 124 Å². The van der Waals surface area contributed by atoms with Gasteiger partial charge in [0, 0.05) is 42.9 Å². The summed E-state index contributed by atoms with van der Waals surface area (Å²) >= 11 is 0. The summed E-state index contributed by atoms with van der Waals surface area (Å²) in [6.07, 6.45) is 8.43. The van der Waals surface area contributed by atoms with E-state index in [1.165, 1.54) is 12.0 Å². The standard InChI is InChI=1S/C29H40N2O4.ClH/c1-17-10-18(2)24(30-16-17)14-23(32)13-21(8-9-25(33)34)27-26(20-6-7-20)28(35-31-27)22-11-19(12-22)15-29(3,4)5;/h10,16,19-22H,6-9,11-15H2,1-5H3,(H,33,34);1H/t19?,21-,22?;/m0./s1. The van der Waals surface area contributed by atoms with Gasteiger partial charge in [-0.3, -0.25) is 14.6 Å². The van der Waals surface area contributed by atoms with Crippen LogP contribution in [0.15, 0.2) is 16.8 Å². The molecule has 0 radical (unpaired) electrons. The van der Waals surface area contributed by atoms with Crippen molar-refractivity contribution in [3.63, 3.8) is 0 Å². The van der Waals surface area contributed by atoms with Crippen LogP contribution in [0.2, 0.25) is 0 Å². The number of Topliss-reactive ketones (excluding diaryl/α,β-unsaturated/α-hetero) is 1. The minimum absolute atomic E-state index is 0. The molecule has 1 N–H and O–H groups in total. The first kappa shape index (κ1) is 28.4. The Kier molecular flexibility index (Phi) is 9.02. The summed E-state index contributed by atoms with van der Waals surface area (Å²) in [5.41, 5.74) is 5.23. The van der Waals surface area contributed by atoms with Crippen molar-refractivity contribution >= 4 is 24.2 Å². The van der Waals surface area contributed by atoms with Gasteiger partial charge < -0.3 is 9.63 Å². The molecule has 198 valence electrons. The number of aliphatic carboxylic acids is 1. The van der Waals surface area contributed by atoms with E-state index in [2.05, 4.69) is 30.9 Å². The van der Waals surface area contributed by atoms with Crippen molar-refractivity contribution in [2.45, 2.75) is 110 Å². The summed E-state index contributed by atoms with van der Waals surface area (Å²) in [4.78, 5) is 29.0. The van der Waals surface area contributed by atoms with E-state index in [1.54, 1.807) is 6.20 Å². The number of carboxylic acid groups (broad SMARTS) is 1. The van der Waals surface area contributed by atoms with E-state index >= 15 is 0 Å². The van der Waals surface area contributed by atoms with E-state index in [0.29, 0.717) is 23.7 Å². The Labute approximate surface area is 221 Å². The summed E-state index contributed by atoms with van der Waals surface area (Å²) < 4.78 is 5.98. The van der Waals surface area contributed by atoms with Crippen LogP contribution in [-0.2, 0) is 16.0 Å². The second-order valence-corrected chi connectivity index (χ2v) is 12.2. The molecule has 0 aliphatic heterocycles. The highest BCUT2D eigenvalue weighted by Crippen LogP contribution is 2.53. The van der Waals surface area contributed by atoms with Gasteiger partial charge in [-0.15, -0.1) is 12.4 Å². The number of halogens is 1. The van der Waals surface area contributed by atoms with Gasteiger partial charge in [0.25, 0.3) is 0 Å². The first-order valence-electron chi connectivity index (χ1n) is 13.1. The monoisotopic (exact) mass is 516 g/mol. The third kappa shape index (κ3) is 7.18. The second-order valence-electron chi connectivity index (χ2n) is 12.2. The predicted molar refractivity (Wildman–Crippen MR) is 142 cm³/mol. The molecule has 1 atom stereocenters. The maximum Gasteiger partial charge on any atom is 0.303 e. The summed E-state index contributed by atoms with van der Waals surface area (Å²) in [5.74, 6) is 1.56. The van der Waals surface area contributed by atoms with Crippen molar-refractivity contribution in [2.75, 3.05) is 0 Å². The molecule has 2 aromatic heterocycles. The van der Waals surface area contributed by atoms with Gasteiger partial charge in [-0.05, 0) is 80.8 Å². The number of carbonyl (C=O) groups excluding carboxylic acids is 1. The topological polar surface area (TPSA) is 93.3 Å².